The van der Waals surface area contributed by atoms with Crippen molar-refractivity contribution in [2.45, 2.75) is 0 Å². The molecule has 0 aromatic heterocycles. The van der Waals surface area contributed by atoms with E-state index in [-0.39, 0.29) is 0 Å². The van der Waals surface area contributed by atoms with Gasteiger partial charge in [0.25, 0.3) is 0 Å². The summed E-state index contributed by atoms with van der Waals surface area (Å²) < 4.78 is 0. The van der Waals surface area contributed by atoms with Crippen molar-refractivity contribution in [1.82, 2.24) is 9.80 Å². The fourth-order valence-corrected chi connectivity index (χ4v) is 1.43. The highest BCUT2D eigenvalue weighted by molar-refractivity contribution is 6.43. The summed E-state index contributed by atoms with van der Waals surface area (Å²) >= 11 is 5.90. The van der Waals surface area contributed by atoms with E-state index in [4.69, 9.17) is 11.6 Å². The Bertz CT molecular complexity index is 267. The predicted molar refractivity (Wildman–Crippen MR) is 43.9 cm³/mol. The van der Waals surface area contributed by atoms with Crippen LogP contribution >= 0.6 is 11.6 Å². The minimum Gasteiger partial charge on any atom is -0.328 e. The molecule has 0 spiro atoms. The van der Waals surface area contributed by atoms with Crippen molar-refractivity contribution in [1.29, 1.82) is 0 Å². The van der Waals surface area contributed by atoms with Crippen LogP contribution in [0, 0.1) is 6.20 Å². The van der Waals surface area contributed by atoms with Crippen molar-refractivity contribution < 1.29 is 0 Å². The zero-order valence-corrected chi connectivity index (χ0v) is 6.84. The molecule has 0 aromatic carbocycles. The second kappa shape index (κ2) is 2.36. The highest BCUT2D eigenvalue weighted by atomic mass is 35.5. The van der Waals surface area contributed by atoms with Crippen LogP contribution in [-0.4, -0.2) is 24.5 Å². The van der Waals surface area contributed by atoms with Crippen LogP contribution in [0.2, 0.25) is 0 Å². The first kappa shape index (κ1) is 6.88. The molecular formula is C7H7ClN3+. The molecule has 2 rings (SSSR count). The van der Waals surface area contributed by atoms with E-state index in [9.17, 15) is 0 Å². The quantitative estimate of drug-likeness (QED) is 0.491. The third kappa shape index (κ3) is 1.06. The van der Waals surface area contributed by atoms with Gasteiger partial charge < -0.3 is 4.90 Å². The summed E-state index contributed by atoms with van der Waals surface area (Å²) in [6, 6.07) is 0. The molecule has 0 fully saturated rings. The third-order valence-corrected chi connectivity index (χ3v) is 1.85. The zero-order valence-electron chi connectivity index (χ0n) is 6.08. The van der Waals surface area contributed by atoms with Crippen LogP contribution in [0.4, 0.5) is 0 Å². The van der Waals surface area contributed by atoms with Gasteiger partial charge in [-0.2, -0.15) is 4.99 Å². The molecule has 2 heterocycles. The molecule has 2 radical (unpaired) electrons. The number of hydrogen-bond acceptors (Lipinski definition) is 3. The van der Waals surface area contributed by atoms with Gasteiger partial charge in [0.2, 0.25) is 6.67 Å². The van der Waals surface area contributed by atoms with E-state index in [1.165, 1.54) is 0 Å². The monoisotopic (exact) mass is 168 g/mol. The second-order valence-electron chi connectivity index (χ2n) is 2.54. The van der Waals surface area contributed by atoms with Gasteiger partial charge in [0.15, 0.2) is 12.4 Å². The number of nitrogens with zero attached hydrogens (tertiary/aromatic N) is 3. The van der Waals surface area contributed by atoms with Crippen LogP contribution in [0.25, 0.3) is 0 Å². The van der Waals surface area contributed by atoms with E-state index >= 15 is 0 Å². The lowest BCUT2D eigenvalue weighted by Crippen LogP contribution is -2.41. The van der Waals surface area contributed by atoms with E-state index in [1.807, 2.05) is 23.0 Å². The maximum atomic E-state index is 5.90. The summed E-state index contributed by atoms with van der Waals surface area (Å²) in [6.45, 7) is 0.794. The highest BCUT2D eigenvalue weighted by Crippen LogP contribution is 2.17. The Labute approximate surface area is 70.3 Å². The van der Waals surface area contributed by atoms with Gasteiger partial charge in [-0.05, 0) is 0 Å². The maximum Gasteiger partial charge on any atom is 0.304 e. The first-order chi connectivity index (χ1) is 5.27. The van der Waals surface area contributed by atoms with Crippen molar-refractivity contribution in [3.63, 3.8) is 0 Å². The first-order valence-electron chi connectivity index (χ1n) is 3.28. The fraction of sp³-hybridized carbons (Fsp3) is 0.286. The predicted octanol–water partition coefficient (Wildman–Crippen LogP) is 0.796. The van der Waals surface area contributed by atoms with Gasteiger partial charge in [0.1, 0.15) is 5.03 Å². The molecule has 0 aromatic rings. The molecule has 0 saturated carbocycles. The number of rotatable bonds is 0. The van der Waals surface area contributed by atoms with Gasteiger partial charge in [0.05, 0.1) is 0 Å². The lowest BCUT2D eigenvalue weighted by Gasteiger charge is -2.18. The SMILES string of the molecule is CN1C=C(Cl)C2=N[C]=C[N+]2C1. The Kier molecular flexibility index (Phi) is 1.47. The average Bonchev–Trinajstić information content (AvgIpc) is 2.34. The molecule has 0 saturated heterocycles. The summed E-state index contributed by atoms with van der Waals surface area (Å²) in [5, 5.41) is 0.667. The molecule has 56 valence electrons. The molecule has 0 bridgehead atoms. The van der Waals surface area contributed by atoms with Gasteiger partial charge in [-0.3, -0.25) is 0 Å². The maximum absolute atomic E-state index is 5.90. The molecule has 4 heteroatoms. The summed E-state index contributed by atoms with van der Waals surface area (Å²) in [6.07, 6.45) is 6.40. The molecule has 11 heavy (non-hydrogen) atoms. The van der Waals surface area contributed by atoms with E-state index in [0.717, 1.165) is 12.5 Å². The molecule has 2 aliphatic rings. The number of amidine groups is 1. The molecule has 2 aliphatic heterocycles. The first-order valence-corrected chi connectivity index (χ1v) is 3.66. The molecule has 0 atom stereocenters. The van der Waals surface area contributed by atoms with Gasteiger partial charge in [-0.25, -0.2) is 0 Å². The number of aliphatic imine (C=N–C) groups is 1. The Morgan fingerprint density at radius 3 is 3.45 bits per heavy atom. The number of hydrogen-bond donors (Lipinski definition) is 0. The Morgan fingerprint density at radius 2 is 2.64 bits per heavy atom. The van der Waals surface area contributed by atoms with Gasteiger partial charge in [-0.1, -0.05) is 16.5 Å². The summed E-state index contributed by atoms with van der Waals surface area (Å²) in [4.78, 5) is 7.92. The van der Waals surface area contributed by atoms with Crippen LogP contribution in [0.1, 0.15) is 0 Å². The van der Waals surface area contributed by atoms with Gasteiger partial charge in [0, 0.05) is 13.2 Å². The van der Waals surface area contributed by atoms with Crippen molar-refractivity contribution in [3.8, 4) is 0 Å². The minimum absolute atomic E-state index is 0.667. The van der Waals surface area contributed by atoms with Crippen LogP contribution in [-0.2, 0) is 0 Å². The molecule has 3 nitrogen and oxygen atoms in total. The van der Waals surface area contributed by atoms with Gasteiger partial charge in [-0.15, -0.1) is 0 Å². The summed E-state index contributed by atoms with van der Waals surface area (Å²) in [7, 11) is 1.96. The van der Waals surface area contributed by atoms with Gasteiger partial charge >= 0.3 is 5.84 Å². The normalized spacial score (nSPS) is 23.3. The number of halogens is 1. The lowest BCUT2D eigenvalue weighted by molar-refractivity contribution is 0.390. The van der Waals surface area contributed by atoms with Crippen LogP contribution in [0.15, 0.2) is 22.4 Å². The smallest absolute Gasteiger partial charge is 0.304 e. The van der Waals surface area contributed by atoms with E-state index in [0.29, 0.717) is 5.03 Å². The molecule has 0 unspecified atom stereocenters. The lowest BCUT2D eigenvalue weighted by atomic mass is 10.4. The van der Waals surface area contributed by atoms with Crippen LogP contribution in [0.5, 0.6) is 0 Å². The minimum atomic E-state index is 0.667. The standard InChI is InChI=1S/C7H7ClN3/c1-10-4-6(8)7-9-2-3-11(7)5-10/h3-4H,5H2,1H3/q+1. The summed E-state index contributed by atoms with van der Waals surface area (Å²) in [5.41, 5.74) is 0. The van der Waals surface area contributed by atoms with Crippen LogP contribution in [0.3, 0.4) is 0 Å². The fourth-order valence-electron chi connectivity index (χ4n) is 1.12. The van der Waals surface area contributed by atoms with Crippen molar-refractivity contribution in [2.24, 2.45) is 4.99 Å². The van der Waals surface area contributed by atoms with Crippen molar-refractivity contribution in [2.75, 3.05) is 13.7 Å². The number of fused-ring (bicyclic) bond motifs is 1. The summed E-state index contributed by atoms with van der Waals surface area (Å²) in [5.74, 6) is 0.796. The van der Waals surface area contributed by atoms with E-state index in [2.05, 4.69) is 11.2 Å². The molecule has 0 amide bonds. The van der Waals surface area contributed by atoms with E-state index < -0.39 is 0 Å². The topological polar surface area (TPSA) is 21.5 Å². The van der Waals surface area contributed by atoms with Crippen molar-refractivity contribution in [3.05, 3.63) is 23.6 Å². The third-order valence-electron chi connectivity index (χ3n) is 1.58. The van der Waals surface area contributed by atoms with Crippen LogP contribution < -0.4 is 4.90 Å². The van der Waals surface area contributed by atoms with E-state index in [1.54, 1.807) is 6.20 Å². The second-order valence-corrected chi connectivity index (χ2v) is 2.95. The Hall–Kier alpha value is -0.800. The molecule has 0 N–H and O–H groups in total. The highest BCUT2D eigenvalue weighted by Gasteiger charge is 2.33. The largest absolute Gasteiger partial charge is 0.328 e. The Morgan fingerprint density at radius 1 is 1.82 bits per heavy atom. The zero-order chi connectivity index (χ0) is 7.84. The Balaban J connectivity index is 2.34. The average molecular weight is 169 g/mol. The molecule has 0 aliphatic carbocycles. The van der Waals surface area contributed by atoms with Crippen molar-refractivity contribution >= 4 is 17.4 Å². The molecular weight excluding hydrogens is 162 g/mol.